The summed E-state index contributed by atoms with van der Waals surface area (Å²) in [6.45, 7) is 7.42. The number of hydrogen-bond acceptors (Lipinski definition) is 6. The van der Waals surface area contributed by atoms with E-state index in [0.717, 1.165) is 22.9 Å². The van der Waals surface area contributed by atoms with E-state index in [9.17, 15) is 22.8 Å². The molecule has 0 bridgehead atoms. The zero-order valence-electron chi connectivity index (χ0n) is 23.4. The van der Waals surface area contributed by atoms with Gasteiger partial charge in [0, 0.05) is 35.2 Å². The first-order chi connectivity index (χ1) is 19.9. The number of amides is 3. The van der Waals surface area contributed by atoms with E-state index in [2.05, 4.69) is 25.6 Å². The molecule has 0 saturated carbocycles. The van der Waals surface area contributed by atoms with Crippen molar-refractivity contribution in [2.24, 2.45) is 0 Å². The topological polar surface area (TPSA) is 103 Å². The second kappa shape index (κ2) is 11.1. The lowest BCUT2D eigenvalue weighted by atomic mass is 10.0. The van der Waals surface area contributed by atoms with E-state index >= 15 is 0 Å². The second-order valence-electron chi connectivity index (χ2n) is 9.95. The Balaban J connectivity index is 1.40. The molecule has 3 heterocycles. The number of nitrogens with zero attached hydrogens (tertiary/aromatic N) is 5. The standard InChI is InChI=1S/C30H28F3N7O2/c1-5-39-26-21(14-35-28(38-26)37-23-11-8-19(4)34-15-23)16-40(29(39)42)25-13-22(10-7-18(25)3)36-27(41)20-9-6-17(2)24(12-20)30(31,32)33/h6-15H,5,16H2,1-4H3,(H,36,41)(H,35,37,38). The number of halogens is 3. The maximum Gasteiger partial charge on any atom is 0.416 e. The summed E-state index contributed by atoms with van der Waals surface area (Å²) in [4.78, 5) is 42.9. The number of pyridine rings is 1. The highest BCUT2D eigenvalue weighted by Crippen LogP contribution is 2.35. The Kier molecular flexibility index (Phi) is 7.55. The largest absolute Gasteiger partial charge is 0.416 e. The summed E-state index contributed by atoms with van der Waals surface area (Å²) in [5.74, 6) is 0.112. The van der Waals surface area contributed by atoms with Gasteiger partial charge in [0.15, 0.2) is 0 Å². The van der Waals surface area contributed by atoms with Crippen LogP contribution in [-0.2, 0) is 12.7 Å². The van der Waals surface area contributed by atoms with E-state index < -0.39 is 17.6 Å². The predicted octanol–water partition coefficient (Wildman–Crippen LogP) is 6.78. The summed E-state index contributed by atoms with van der Waals surface area (Å²) in [5, 5.41) is 5.77. The van der Waals surface area contributed by atoms with Gasteiger partial charge in [-0.1, -0.05) is 12.1 Å². The molecule has 5 rings (SSSR count). The number of carbonyl (C=O) groups is 2. The van der Waals surface area contributed by atoms with Crippen molar-refractivity contribution in [3.05, 3.63) is 94.4 Å². The molecule has 1 aliphatic rings. The van der Waals surface area contributed by atoms with Gasteiger partial charge in [0.2, 0.25) is 5.95 Å². The average molecular weight is 576 g/mol. The summed E-state index contributed by atoms with van der Waals surface area (Å²) in [6.07, 6.45) is -1.25. The number of nitrogens with one attached hydrogen (secondary N) is 2. The maximum absolute atomic E-state index is 13.7. The van der Waals surface area contributed by atoms with Crippen molar-refractivity contribution in [2.75, 3.05) is 27.0 Å². The quantitative estimate of drug-likeness (QED) is 0.263. The summed E-state index contributed by atoms with van der Waals surface area (Å²) in [5.41, 5.74) is 2.97. The van der Waals surface area contributed by atoms with Crippen LogP contribution in [0.25, 0.3) is 0 Å². The lowest BCUT2D eigenvalue weighted by Crippen LogP contribution is -2.48. The van der Waals surface area contributed by atoms with Crippen LogP contribution in [0.4, 0.5) is 46.8 Å². The number of rotatable bonds is 6. The van der Waals surface area contributed by atoms with Crippen molar-refractivity contribution in [3.63, 3.8) is 0 Å². The summed E-state index contributed by atoms with van der Waals surface area (Å²) < 4.78 is 40.1. The third-order valence-corrected chi connectivity index (χ3v) is 6.93. The Hall–Kier alpha value is -5.00. The van der Waals surface area contributed by atoms with Crippen molar-refractivity contribution in [1.29, 1.82) is 0 Å². The van der Waals surface area contributed by atoms with Crippen LogP contribution in [0.5, 0.6) is 0 Å². The van der Waals surface area contributed by atoms with Crippen LogP contribution in [-0.4, -0.2) is 33.4 Å². The molecule has 1 aliphatic heterocycles. The number of urea groups is 1. The van der Waals surface area contributed by atoms with Crippen LogP contribution >= 0.6 is 0 Å². The van der Waals surface area contributed by atoms with E-state index in [-0.39, 0.29) is 23.7 Å². The first kappa shape index (κ1) is 28.5. The highest BCUT2D eigenvalue weighted by Gasteiger charge is 2.34. The minimum Gasteiger partial charge on any atom is -0.323 e. The molecule has 0 aliphatic carbocycles. The van der Waals surface area contributed by atoms with Crippen molar-refractivity contribution in [1.82, 2.24) is 15.0 Å². The Morgan fingerprint density at radius 1 is 0.952 bits per heavy atom. The van der Waals surface area contributed by atoms with E-state index in [1.807, 2.05) is 32.9 Å². The fourth-order valence-corrected chi connectivity index (χ4v) is 4.67. The second-order valence-corrected chi connectivity index (χ2v) is 9.95. The zero-order chi connectivity index (χ0) is 30.2. The number of aryl methyl sites for hydroxylation is 3. The molecule has 12 heteroatoms. The number of alkyl halides is 3. The molecular weight excluding hydrogens is 547 g/mol. The van der Waals surface area contributed by atoms with Crippen molar-refractivity contribution in [2.45, 2.75) is 40.4 Å². The molecule has 2 aromatic carbocycles. The molecular formula is C30H28F3N7O2. The molecule has 216 valence electrons. The van der Waals surface area contributed by atoms with Crippen LogP contribution < -0.4 is 20.4 Å². The average Bonchev–Trinajstić information content (AvgIpc) is 2.95. The minimum absolute atomic E-state index is 0.0279. The molecule has 3 amide bonds. The zero-order valence-corrected chi connectivity index (χ0v) is 23.4. The molecule has 0 radical (unpaired) electrons. The van der Waals surface area contributed by atoms with Gasteiger partial charge in [0.25, 0.3) is 5.91 Å². The molecule has 0 atom stereocenters. The molecule has 0 spiro atoms. The van der Waals surface area contributed by atoms with Crippen molar-refractivity contribution in [3.8, 4) is 0 Å². The third kappa shape index (κ3) is 5.73. The SMILES string of the molecule is CCN1C(=O)N(c2cc(NC(=O)c3ccc(C)c(C(F)(F)F)c3)ccc2C)Cc2cnc(Nc3ccc(C)nc3)nc21. The van der Waals surface area contributed by atoms with Crippen LogP contribution in [0.3, 0.4) is 0 Å². The van der Waals surface area contributed by atoms with E-state index in [0.29, 0.717) is 35.4 Å². The summed E-state index contributed by atoms with van der Waals surface area (Å²) >= 11 is 0. The van der Waals surface area contributed by atoms with E-state index in [4.69, 9.17) is 0 Å². The maximum atomic E-state index is 13.7. The monoisotopic (exact) mass is 575 g/mol. The van der Waals surface area contributed by atoms with Crippen molar-refractivity contribution < 1.29 is 22.8 Å². The summed E-state index contributed by atoms with van der Waals surface area (Å²) in [6, 6.07) is 11.9. The first-order valence-corrected chi connectivity index (χ1v) is 13.2. The molecule has 2 N–H and O–H groups in total. The van der Waals surface area contributed by atoms with Gasteiger partial charge in [-0.2, -0.15) is 18.2 Å². The molecule has 0 unspecified atom stereocenters. The highest BCUT2D eigenvalue weighted by molar-refractivity contribution is 6.07. The fourth-order valence-electron chi connectivity index (χ4n) is 4.67. The van der Waals surface area contributed by atoms with Crippen LogP contribution in [0.2, 0.25) is 0 Å². The van der Waals surface area contributed by atoms with Crippen LogP contribution in [0.1, 0.15) is 45.2 Å². The van der Waals surface area contributed by atoms with Gasteiger partial charge in [-0.05, 0) is 75.2 Å². The molecule has 2 aromatic heterocycles. The highest BCUT2D eigenvalue weighted by atomic mass is 19.4. The Morgan fingerprint density at radius 3 is 2.38 bits per heavy atom. The molecule has 42 heavy (non-hydrogen) atoms. The summed E-state index contributed by atoms with van der Waals surface area (Å²) in [7, 11) is 0. The lowest BCUT2D eigenvalue weighted by Gasteiger charge is -2.36. The van der Waals surface area contributed by atoms with Gasteiger partial charge in [-0.3, -0.25) is 19.6 Å². The fraction of sp³-hybridized carbons (Fsp3) is 0.233. The normalized spacial score (nSPS) is 13.2. The van der Waals surface area contributed by atoms with E-state index in [1.54, 1.807) is 35.5 Å². The predicted molar refractivity (Wildman–Crippen MR) is 154 cm³/mol. The van der Waals surface area contributed by atoms with Gasteiger partial charge in [-0.25, -0.2) is 9.78 Å². The minimum atomic E-state index is -4.58. The van der Waals surface area contributed by atoms with Crippen molar-refractivity contribution >= 4 is 40.8 Å². The van der Waals surface area contributed by atoms with Gasteiger partial charge < -0.3 is 10.6 Å². The first-order valence-electron chi connectivity index (χ1n) is 13.2. The molecule has 0 saturated heterocycles. The number of anilines is 5. The van der Waals surface area contributed by atoms with E-state index in [1.165, 1.54) is 24.0 Å². The number of benzene rings is 2. The Bertz CT molecular complexity index is 1670. The van der Waals surface area contributed by atoms with Crippen LogP contribution in [0, 0.1) is 20.8 Å². The van der Waals surface area contributed by atoms with Gasteiger partial charge in [-0.15, -0.1) is 0 Å². The third-order valence-electron chi connectivity index (χ3n) is 6.93. The van der Waals surface area contributed by atoms with Crippen LogP contribution in [0.15, 0.2) is 60.9 Å². The number of hydrogen-bond donors (Lipinski definition) is 2. The molecule has 4 aromatic rings. The molecule has 0 fully saturated rings. The lowest BCUT2D eigenvalue weighted by molar-refractivity contribution is -0.138. The molecule has 9 nitrogen and oxygen atoms in total. The number of aromatic nitrogens is 3. The Morgan fingerprint density at radius 2 is 1.69 bits per heavy atom. The van der Waals surface area contributed by atoms with Gasteiger partial charge in [0.05, 0.1) is 29.7 Å². The Labute approximate surface area is 240 Å². The van der Waals surface area contributed by atoms with Gasteiger partial charge >= 0.3 is 12.2 Å². The smallest absolute Gasteiger partial charge is 0.323 e. The van der Waals surface area contributed by atoms with Gasteiger partial charge in [0.1, 0.15) is 5.82 Å². The number of fused-ring (bicyclic) bond motifs is 1. The number of carbonyl (C=O) groups excluding carboxylic acids is 2.